The molecule has 0 radical (unpaired) electrons. The van der Waals surface area contributed by atoms with Crippen molar-refractivity contribution >= 4 is 22.1 Å². The highest BCUT2D eigenvalue weighted by Gasteiger charge is 2.36. The van der Waals surface area contributed by atoms with Crippen LogP contribution in [-0.2, 0) is 23.9 Å². The number of allylic oxidation sites excluding steroid dienone is 1. The van der Waals surface area contributed by atoms with Crippen LogP contribution in [0.2, 0.25) is 0 Å². The largest absolute Gasteiger partial charge is 0.481 e. The second-order valence-electron chi connectivity index (χ2n) is 5.15. The lowest BCUT2D eigenvalue weighted by Crippen LogP contribution is -2.32. The molecule has 0 saturated carbocycles. The van der Waals surface area contributed by atoms with Gasteiger partial charge in [-0.25, -0.2) is 0 Å². The number of carbonyl (C=O) groups is 2. The first-order valence-electron chi connectivity index (χ1n) is 6.76. The lowest BCUT2D eigenvalue weighted by Gasteiger charge is -2.22. The van der Waals surface area contributed by atoms with Gasteiger partial charge in [0.2, 0.25) is 0 Å². The fourth-order valence-electron chi connectivity index (χ4n) is 2.27. The van der Waals surface area contributed by atoms with Crippen molar-refractivity contribution in [2.24, 2.45) is 11.8 Å². The summed E-state index contributed by atoms with van der Waals surface area (Å²) in [5, 5.41) is 9.11. The highest BCUT2D eigenvalue weighted by Crippen LogP contribution is 2.27. The molecule has 0 aromatic heterocycles. The van der Waals surface area contributed by atoms with Crippen molar-refractivity contribution in [2.45, 2.75) is 24.7 Å². The minimum Gasteiger partial charge on any atom is -0.481 e. The molecule has 0 fully saturated rings. The molecule has 0 aliphatic heterocycles. The van der Waals surface area contributed by atoms with Gasteiger partial charge in [-0.1, -0.05) is 29.8 Å². The summed E-state index contributed by atoms with van der Waals surface area (Å²) in [4.78, 5) is 23.1. The highest BCUT2D eigenvalue weighted by molar-refractivity contribution is 7.87. The van der Waals surface area contributed by atoms with E-state index in [1.807, 2.05) is 0 Å². The van der Waals surface area contributed by atoms with Crippen LogP contribution in [0.1, 0.15) is 18.4 Å². The van der Waals surface area contributed by atoms with Crippen LogP contribution in [0.25, 0.3) is 0 Å². The van der Waals surface area contributed by atoms with Crippen molar-refractivity contribution < 1.29 is 27.3 Å². The lowest BCUT2D eigenvalue weighted by atomic mass is 9.84. The molecule has 0 amide bonds. The summed E-state index contributed by atoms with van der Waals surface area (Å²) in [6.45, 7) is 1.80. The average molecular weight is 324 g/mol. The molecule has 0 spiro atoms. The van der Waals surface area contributed by atoms with Gasteiger partial charge in [-0.15, -0.1) is 0 Å². The molecule has 0 saturated heterocycles. The normalized spacial score (nSPS) is 21.3. The van der Waals surface area contributed by atoms with Crippen LogP contribution in [0.15, 0.2) is 41.3 Å². The van der Waals surface area contributed by atoms with E-state index < -0.39 is 33.9 Å². The van der Waals surface area contributed by atoms with Crippen molar-refractivity contribution in [2.75, 3.05) is 0 Å². The predicted octanol–water partition coefficient (Wildman–Crippen LogP) is 1.89. The molecule has 2 rings (SSSR count). The number of aliphatic carboxylic acids is 1. The molecular formula is C15H16O6S. The van der Waals surface area contributed by atoms with E-state index in [9.17, 15) is 18.0 Å². The molecule has 1 N–H and O–H groups in total. The van der Waals surface area contributed by atoms with Gasteiger partial charge >= 0.3 is 22.1 Å². The Morgan fingerprint density at radius 2 is 1.86 bits per heavy atom. The molecule has 1 aromatic rings. The summed E-state index contributed by atoms with van der Waals surface area (Å²) in [6, 6.07) is 5.84. The predicted molar refractivity (Wildman–Crippen MR) is 77.4 cm³/mol. The Hall–Kier alpha value is -2.15. The zero-order valence-corrected chi connectivity index (χ0v) is 12.7. The Morgan fingerprint density at radius 3 is 2.45 bits per heavy atom. The van der Waals surface area contributed by atoms with Gasteiger partial charge in [-0.05, 0) is 31.9 Å². The number of carboxylic acid groups (broad SMARTS) is 1. The molecule has 2 unspecified atom stereocenters. The van der Waals surface area contributed by atoms with E-state index in [0.717, 1.165) is 5.56 Å². The molecule has 1 aliphatic rings. The first-order valence-corrected chi connectivity index (χ1v) is 8.16. The van der Waals surface area contributed by atoms with E-state index in [1.54, 1.807) is 25.1 Å². The van der Waals surface area contributed by atoms with E-state index in [0.29, 0.717) is 6.42 Å². The third kappa shape index (κ3) is 3.54. The first kappa shape index (κ1) is 16.2. The Bertz CT molecular complexity index is 702. The van der Waals surface area contributed by atoms with Crippen LogP contribution in [-0.4, -0.2) is 25.5 Å². The molecule has 1 aromatic carbocycles. The lowest BCUT2D eigenvalue weighted by molar-refractivity contribution is -0.150. The first-order chi connectivity index (χ1) is 10.3. The fraction of sp³-hybridized carbons (Fsp3) is 0.333. The third-order valence-corrected chi connectivity index (χ3v) is 4.75. The molecule has 7 heteroatoms. The molecule has 2 atom stereocenters. The minimum atomic E-state index is -4.25. The second kappa shape index (κ2) is 6.31. The van der Waals surface area contributed by atoms with E-state index in [4.69, 9.17) is 5.11 Å². The molecule has 22 heavy (non-hydrogen) atoms. The standard InChI is InChI=1S/C15H16O6S/c1-10-6-8-11(9-7-10)22(19,20)21-15(18)13-5-3-2-4-12(13)14(16)17/h3,5-9,12-13H,2,4H2,1H3,(H,16,17). The second-order valence-corrected chi connectivity index (χ2v) is 6.69. The monoisotopic (exact) mass is 324 g/mol. The quantitative estimate of drug-likeness (QED) is 0.671. The zero-order chi connectivity index (χ0) is 16.3. The zero-order valence-electron chi connectivity index (χ0n) is 11.9. The highest BCUT2D eigenvalue weighted by atomic mass is 32.2. The molecule has 1 aliphatic carbocycles. The van der Waals surface area contributed by atoms with Crippen molar-refractivity contribution in [3.63, 3.8) is 0 Å². The maximum absolute atomic E-state index is 12.1. The number of hydrogen-bond donors (Lipinski definition) is 1. The van der Waals surface area contributed by atoms with Gasteiger partial charge in [0, 0.05) is 0 Å². The number of carboxylic acids is 1. The van der Waals surface area contributed by atoms with E-state index in [1.165, 1.54) is 18.2 Å². The fourth-order valence-corrected chi connectivity index (χ4v) is 3.16. The maximum Gasteiger partial charge on any atom is 0.341 e. The van der Waals surface area contributed by atoms with Crippen molar-refractivity contribution in [3.05, 3.63) is 42.0 Å². The Balaban J connectivity index is 2.20. The molecular weight excluding hydrogens is 308 g/mol. The van der Waals surface area contributed by atoms with Crippen LogP contribution in [0.5, 0.6) is 0 Å². The number of carbonyl (C=O) groups excluding carboxylic acids is 1. The molecule has 118 valence electrons. The summed E-state index contributed by atoms with van der Waals surface area (Å²) in [5.74, 6) is -4.26. The van der Waals surface area contributed by atoms with Gasteiger partial charge in [-0.3, -0.25) is 9.59 Å². The van der Waals surface area contributed by atoms with Crippen LogP contribution in [0.4, 0.5) is 0 Å². The topological polar surface area (TPSA) is 97.7 Å². The SMILES string of the molecule is Cc1ccc(S(=O)(=O)OC(=O)C2C=CCCC2C(=O)O)cc1. The number of rotatable bonds is 4. The van der Waals surface area contributed by atoms with E-state index in [2.05, 4.69) is 4.18 Å². The Labute approximate surface area is 128 Å². The number of aryl methyl sites for hydroxylation is 1. The molecule has 0 bridgehead atoms. The van der Waals surface area contributed by atoms with Gasteiger partial charge in [0.05, 0.1) is 11.8 Å². The summed E-state index contributed by atoms with van der Waals surface area (Å²) in [5.41, 5.74) is 0.867. The molecule has 0 heterocycles. The number of benzene rings is 1. The van der Waals surface area contributed by atoms with Crippen molar-refractivity contribution in [1.82, 2.24) is 0 Å². The smallest absolute Gasteiger partial charge is 0.341 e. The van der Waals surface area contributed by atoms with Crippen LogP contribution >= 0.6 is 0 Å². The van der Waals surface area contributed by atoms with Gasteiger partial charge in [0.15, 0.2) is 0 Å². The third-order valence-electron chi connectivity index (χ3n) is 3.51. The van der Waals surface area contributed by atoms with Crippen molar-refractivity contribution in [3.8, 4) is 0 Å². The summed E-state index contributed by atoms with van der Waals surface area (Å²) in [6.07, 6.45) is 3.86. The van der Waals surface area contributed by atoms with E-state index >= 15 is 0 Å². The maximum atomic E-state index is 12.1. The number of hydrogen-bond acceptors (Lipinski definition) is 5. The summed E-state index contributed by atoms with van der Waals surface area (Å²) >= 11 is 0. The summed E-state index contributed by atoms with van der Waals surface area (Å²) in [7, 11) is -4.25. The van der Waals surface area contributed by atoms with E-state index in [-0.39, 0.29) is 11.3 Å². The van der Waals surface area contributed by atoms with Crippen LogP contribution in [0, 0.1) is 18.8 Å². The van der Waals surface area contributed by atoms with Crippen LogP contribution < -0.4 is 0 Å². The average Bonchev–Trinajstić information content (AvgIpc) is 2.47. The summed E-state index contributed by atoms with van der Waals surface area (Å²) < 4.78 is 28.7. The Morgan fingerprint density at radius 1 is 1.23 bits per heavy atom. The van der Waals surface area contributed by atoms with Gasteiger partial charge in [0.25, 0.3) is 0 Å². The van der Waals surface area contributed by atoms with Gasteiger partial charge < -0.3 is 9.29 Å². The Kier molecular flexibility index (Phi) is 4.65. The van der Waals surface area contributed by atoms with Crippen molar-refractivity contribution in [1.29, 1.82) is 0 Å². The van der Waals surface area contributed by atoms with Gasteiger partial charge in [0.1, 0.15) is 4.90 Å². The molecule has 6 nitrogen and oxygen atoms in total. The minimum absolute atomic E-state index is 0.141. The van der Waals surface area contributed by atoms with Crippen LogP contribution in [0.3, 0.4) is 0 Å². The van der Waals surface area contributed by atoms with Gasteiger partial charge in [-0.2, -0.15) is 8.42 Å².